The van der Waals surface area contributed by atoms with Crippen LogP contribution in [0.15, 0.2) is 78.1 Å². The zero-order valence-corrected chi connectivity index (χ0v) is 34.5. The molecule has 1 amide bonds. The molecule has 0 radical (unpaired) electrons. The molecule has 6 heterocycles. The average Bonchev–Trinajstić information content (AvgIpc) is 3.55. The number of nitro benzene ring substituents is 1. The van der Waals surface area contributed by atoms with Gasteiger partial charge in [0.25, 0.3) is 21.6 Å². The number of hydrogen-bond acceptors (Lipinski definition) is 12. The lowest BCUT2D eigenvalue weighted by Gasteiger charge is -2.56. The van der Waals surface area contributed by atoms with Crippen LogP contribution in [0, 0.1) is 15.5 Å². The minimum Gasteiger partial charge on any atom is -0.489 e. The summed E-state index contributed by atoms with van der Waals surface area (Å²) in [6.07, 6.45) is 13.3. The summed E-state index contributed by atoms with van der Waals surface area (Å²) in [5, 5.41) is 16.0. The number of amides is 1. The zero-order valence-electron chi connectivity index (χ0n) is 33.6. The number of pyridine rings is 2. The van der Waals surface area contributed by atoms with Crippen LogP contribution in [-0.4, -0.2) is 76.9 Å². The van der Waals surface area contributed by atoms with Crippen LogP contribution >= 0.6 is 0 Å². The highest BCUT2D eigenvalue weighted by Crippen LogP contribution is 2.54. The lowest BCUT2D eigenvalue weighted by atomic mass is 9.59. The summed E-state index contributed by atoms with van der Waals surface area (Å²) in [5.41, 5.74) is 3.66. The smallest absolute Gasteiger partial charge is 0.297 e. The Morgan fingerprint density at radius 2 is 1.83 bits per heavy atom. The summed E-state index contributed by atoms with van der Waals surface area (Å²) < 4.78 is 41.6. The van der Waals surface area contributed by atoms with E-state index in [0.717, 1.165) is 62.5 Å². The first-order valence-corrected chi connectivity index (χ1v) is 22.4. The molecule has 2 aliphatic carbocycles. The SMILES string of the molecule is CC(C)c1ccccc1[C@@H]1CCCN1C1CC2(CCN(c3cnc(C(=O)NS(=O)(=O)c4cc5c(c([N+](=O)[O-])c4)NC4(CC4)CO5)c(Oc4cnc5[nH]ccc5c4)c3)CC2)C1. The van der Waals surface area contributed by atoms with Crippen molar-refractivity contribution >= 4 is 44.0 Å². The predicted octanol–water partition coefficient (Wildman–Crippen LogP) is 7.82. The number of nitrogens with one attached hydrogen (secondary N) is 3. The number of carbonyl (C=O) groups is 1. The Kier molecular flexibility index (Phi) is 9.28. The van der Waals surface area contributed by atoms with Crippen molar-refractivity contribution < 1.29 is 27.6 Å². The number of fused-ring (bicyclic) bond motifs is 2. The zero-order chi connectivity index (χ0) is 41.4. The third kappa shape index (κ3) is 6.98. The molecular weight excluding hydrogens is 785 g/mol. The summed E-state index contributed by atoms with van der Waals surface area (Å²) in [6, 6.07) is 17.5. The topological polar surface area (TPSA) is 185 Å². The van der Waals surface area contributed by atoms with Gasteiger partial charge in [0.05, 0.1) is 33.4 Å². The molecule has 5 aromatic rings. The molecule has 3 aromatic heterocycles. The van der Waals surface area contributed by atoms with Crippen molar-refractivity contribution in [3.63, 3.8) is 0 Å². The van der Waals surface area contributed by atoms with Crippen molar-refractivity contribution in [2.75, 3.05) is 36.5 Å². The van der Waals surface area contributed by atoms with Gasteiger partial charge in [0.2, 0.25) is 0 Å². The minimum absolute atomic E-state index is 0.0297. The monoisotopic (exact) mass is 832 g/mol. The van der Waals surface area contributed by atoms with Gasteiger partial charge in [-0.05, 0) is 92.5 Å². The molecule has 0 unspecified atom stereocenters. The Bertz CT molecular complexity index is 2630. The van der Waals surface area contributed by atoms with Gasteiger partial charge in [-0.3, -0.25) is 19.8 Å². The molecule has 2 spiro atoms. The molecule has 4 fully saturated rings. The van der Waals surface area contributed by atoms with Crippen LogP contribution in [0.1, 0.15) is 98.8 Å². The second-order valence-electron chi connectivity index (χ2n) is 17.7. The maximum absolute atomic E-state index is 13.9. The van der Waals surface area contributed by atoms with E-state index in [2.05, 4.69) is 72.9 Å². The number of H-pyrrole nitrogens is 1. The minimum atomic E-state index is -4.64. The van der Waals surface area contributed by atoms with Gasteiger partial charge in [-0.25, -0.2) is 23.1 Å². The Labute approximate surface area is 348 Å². The van der Waals surface area contributed by atoms with Gasteiger partial charge in [0.15, 0.2) is 22.9 Å². The van der Waals surface area contributed by atoms with Crippen molar-refractivity contribution in [1.82, 2.24) is 24.6 Å². The van der Waals surface area contributed by atoms with Crippen molar-refractivity contribution in [2.45, 2.75) is 93.7 Å². The Morgan fingerprint density at radius 3 is 2.60 bits per heavy atom. The number of ether oxygens (including phenoxy) is 2. The molecule has 2 aromatic carbocycles. The second-order valence-corrected chi connectivity index (χ2v) is 19.3. The molecule has 0 bridgehead atoms. The van der Waals surface area contributed by atoms with Crippen molar-refractivity contribution in [3.05, 3.63) is 100 Å². The van der Waals surface area contributed by atoms with Crippen LogP contribution in [-0.2, 0) is 10.0 Å². The first-order chi connectivity index (χ1) is 28.9. The lowest BCUT2D eigenvalue weighted by Crippen LogP contribution is -2.55. The highest BCUT2D eigenvalue weighted by Gasteiger charge is 2.51. The molecule has 3 aliphatic heterocycles. The van der Waals surface area contributed by atoms with Gasteiger partial charge < -0.3 is 24.7 Å². The standard InChI is InChI=1S/C44H48N8O7S/c1-27(2)33-6-3-4-7-34(33)35-8-5-15-51(35)30-22-43(23-30)12-16-50(17-13-43)29-19-38(59-31-18-28-9-14-45-41(28)47-25-31)40(46-24-29)42(53)49-60(56,57)32-20-36(52(54)55)39-37(21-32)58-26-44(48-39)10-11-44/h3-4,6-7,9,14,18-21,24-25,27,30,35,48H,5,8,10-13,15-17,22-23,26H2,1-2H3,(H,45,47)(H,49,53)/t35-/m0/s1. The molecule has 2 saturated carbocycles. The molecule has 2 saturated heterocycles. The van der Waals surface area contributed by atoms with Gasteiger partial charge in [-0.2, -0.15) is 0 Å². The summed E-state index contributed by atoms with van der Waals surface area (Å²) >= 11 is 0. The van der Waals surface area contributed by atoms with Crippen LogP contribution < -0.4 is 24.4 Å². The maximum atomic E-state index is 13.9. The number of aromatic amines is 1. The average molecular weight is 833 g/mol. The van der Waals surface area contributed by atoms with E-state index in [9.17, 15) is 23.3 Å². The summed E-state index contributed by atoms with van der Waals surface area (Å²) in [7, 11) is -4.64. The largest absolute Gasteiger partial charge is 0.489 e. The van der Waals surface area contributed by atoms with Crippen LogP contribution in [0.4, 0.5) is 17.1 Å². The summed E-state index contributed by atoms with van der Waals surface area (Å²) in [6.45, 7) is 7.57. The van der Waals surface area contributed by atoms with Crippen molar-refractivity contribution in [3.8, 4) is 17.2 Å². The van der Waals surface area contributed by atoms with Crippen molar-refractivity contribution in [1.29, 1.82) is 0 Å². The van der Waals surface area contributed by atoms with Gasteiger partial charge in [0.1, 0.15) is 18.0 Å². The molecule has 60 heavy (non-hydrogen) atoms. The highest BCUT2D eigenvalue weighted by atomic mass is 32.2. The van der Waals surface area contributed by atoms with E-state index in [1.165, 1.54) is 49.1 Å². The Hall–Kier alpha value is -5.74. The fourth-order valence-electron chi connectivity index (χ4n) is 9.96. The fourth-order valence-corrected chi connectivity index (χ4v) is 10.9. The number of sulfonamides is 1. The first kappa shape index (κ1) is 38.5. The van der Waals surface area contributed by atoms with Crippen LogP contribution in [0.3, 0.4) is 0 Å². The molecule has 10 rings (SSSR count). The van der Waals surface area contributed by atoms with Crippen molar-refractivity contribution in [2.24, 2.45) is 5.41 Å². The molecule has 16 heteroatoms. The van der Waals surface area contributed by atoms with Crippen LogP contribution in [0.2, 0.25) is 0 Å². The van der Waals surface area contributed by atoms with E-state index >= 15 is 0 Å². The Morgan fingerprint density at radius 1 is 1.03 bits per heavy atom. The third-order valence-corrected chi connectivity index (χ3v) is 14.8. The molecule has 312 valence electrons. The molecule has 15 nitrogen and oxygen atoms in total. The number of nitrogens with zero attached hydrogens (tertiary/aromatic N) is 5. The number of nitro groups is 1. The number of hydrogen-bond donors (Lipinski definition) is 3. The normalized spacial score (nSPS) is 20.7. The number of likely N-dealkylation sites (tertiary alicyclic amines) is 1. The molecule has 5 aliphatic rings. The van der Waals surface area contributed by atoms with E-state index in [-0.39, 0.29) is 40.4 Å². The third-order valence-electron chi connectivity index (χ3n) is 13.5. The number of benzene rings is 2. The number of aromatic nitrogens is 3. The van der Waals surface area contributed by atoms with E-state index in [1.54, 1.807) is 24.5 Å². The fraction of sp³-hybridized carbons (Fsp3) is 0.432. The van der Waals surface area contributed by atoms with Crippen LogP contribution in [0.5, 0.6) is 17.2 Å². The molecular formula is C44H48N8O7S. The lowest BCUT2D eigenvalue weighted by molar-refractivity contribution is -0.384. The Balaban J connectivity index is 0.869. The summed E-state index contributed by atoms with van der Waals surface area (Å²) in [4.78, 5) is 41.8. The number of piperidine rings is 1. The van der Waals surface area contributed by atoms with E-state index in [1.807, 2.05) is 6.07 Å². The molecule has 1 atom stereocenters. The quantitative estimate of drug-likeness (QED) is 0.0917. The van der Waals surface area contributed by atoms with Crippen LogP contribution in [0.25, 0.3) is 11.0 Å². The van der Waals surface area contributed by atoms with Gasteiger partial charge >= 0.3 is 0 Å². The second kappa shape index (κ2) is 14.5. The van der Waals surface area contributed by atoms with E-state index < -0.39 is 31.4 Å². The maximum Gasteiger partial charge on any atom is 0.297 e. The number of carbonyl (C=O) groups excluding carboxylic acids is 1. The summed E-state index contributed by atoms with van der Waals surface area (Å²) in [5.74, 6) is -0.164. The van der Waals surface area contributed by atoms with E-state index in [0.29, 0.717) is 29.4 Å². The number of anilines is 2. The van der Waals surface area contributed by atoms with Gasteiger partial charge in [-0.15, -0.1) is 0 Å². The highest BCUT2D eigenvalue weighted by molar-refractivity contribution is 7.90. The number of rotatable bonds is 10. The van der Waals surface area contributed by atoms with Gasteiger partial charge in [0, 0.05) is 55.0 Å². The van der Waals surface area contributed by atoms with Gasteiger partial charge in [-0.1, -0.05) is 38.1 Å². The molecule has 3 N–H and O–H groups in total. The van der Waals surface area contributed by atoms with E-state index in [4.69, 9.17) is 9.47 Å². The predicted molar refractivity (Wildman–Crippen MR) is 225 cm³/mol. The first-order valence-electron chi connectivity index (χ1n) is 20.9.